The average molecular weight is 122 g/mol. The van der Waals surface area contributed by atoms with E-state index in [1.807, 2.05) is 4.91 Å². The van der Waals surface area contributed by atoms with Crippen molar-refractivity contribution >= 4 is 7.67 Å². The van der Waals surface area contributed by atoms with Gasteiger partial charge >= 0.3 is 7.67 Å². The molecule has 0 rings (SSSR count). The summed E-state index contributed by atoms with van der Waals surface area (Å²) in [6.07, 6.45) is 0. The normalized spacial score (nSPS) is 16.9. The lowest BCUT2D eigenvalue weighted by Crippen LogP contribution is -1.84. The molecule has 0 aliphatic heterocycles. The average Bonchev–Trinajstić information content (AvgIpc) is 1.30. The van der Waals surface area contributed by atoms with Crippen molar-refractivity contribution in [3.63, 3.8) is 0 Å². The van der Waals surface area contributed by atoms with Crippen LogP contribution < -0.4 is 5.50 Å². The van der Waals surface area contributed by atoms with Crippen LogP contribution in [0.15, 0.2) is 4.88 Å². The van der Waals surface area contributed by atoms with Crippen molar-refractivity contribution in [3.05, 3.63) is 10.4 Å². The van der Waals surface area contributed by atoms with Gasteiger partial charge in [-0.15, -0.1) is 0 Å². The molecule has 6 nitrogen and oxygen atoms in total. The van der Waals surface area contributed by atoms with Crippen molar-refractivity contribution in [3.8, 4) is 0 Å². The molecule has 0 amide bonds. The van der Waals surface area contributed by atoms with Gasteiger partial charge in [0.05, 0.1) is 0 Å². The second-order valence-corrected chi connectivity index (χ2v) is 2.13. The third-order valence-electron chi connectivity index (χ3n) is 0.168. The molecule has 1 atom stereocenters. The van der Waals surface area contributed by atoms with Gasteiger partial charge in [0.25, 0.3) is 0 Å². The minimum atomic E-state index is -3.96. The summed E-state index contributed by atoms with van der Waals surface area (Å²) in [6, 6.07) is 0. The fraction of sp³-hybridized carbons (Fsp3) is 0. The van der Waals surface area contributed by atoms with E-state index in [4.69, 9.17) is 10.4 Å². The standard InChI is InChI=1S/H3N4O2P/c1-3-4-7(2,5)6/h(H3,2,5,6). The molecular formula is H3N4O2P. The molecule has 0 aromatic carbocycles. The number of hydrogen-bond donors (Lipinski definition) is 2. The van der Waals surface area contributed by atoms with E-state index < -0.39 is 7.67 Å². The SMILES string of the molecule is [N-]=[N+]=NP(N)(=O)O. The molecule has 0 aromatic rings. The first-order valence-electron chi connectivity index (χ1n) is 1.24. The molecule has 7 heavy (non-hydrogen) atoms. The highest BCUT2D eigenvalue weighted by atomic mass is 31.2. The minimum Gasteiger partial charge on any atom is -0.329 e. The summed E-state index contributed by atoms with van der Waals surface area (Å²) in [6.45, 7) is 0. The summed E-state index contributed by atoms with van der Waals surface area (Å²) in [5.74, 6) is 0. The van der Waals surface area contributed by atoms with Crippen LogP contribution in [0.2, 0.25) is 0 Å². The molecule has 7 heteroatoms. The predicted molar refractivity (Wildman–Crippen MR) is 23.2 cm³/mol. The van der Waals surface area contributed by atoms with Gasteiger partial charge in [0.1, 0.15) is 0 Å². The molecule has 0 bridgehead atoms. The molecule has 0 radical (unpaired) electrons. The second-order valence-electron chi connectivity index (χ2n) is 0.768. The van der Waals surface area contributed by atoms with Gasteiger partial charge in [-0.3, -0.25) is 10.1 Å². The zero-order chi connectivity index (χ0) is 5.91. The zero-order valence-corrected chi connectivity index (χ0v) is 4.12. The highest BCUT2D eigenvalue weighted by molar-refractivity contribution is 7.53. The maximum absolute atomic E-state index is 9.73. The molecule has 0 aromatic heterocycles. The Balaban J connectivity index is 4.10. The zero-order valence-electron chi connectivity index (χ0n) is 3.22. The third kappa shape index (κ3) is 5.46. The largest absolute Gasteiger partial charge is 0.352 e. The Morgan fingerprint density at radius 1 is 2.00 bits per heavy atom. The number of nitrogens with zero attached hydrogens (tertiary/aromatic N) is 3. The third-order valence-corrected chi connectivity index (χ3v) is 0.504. The summed E-state index contributed by atoms with van der Waals surface area (Å²) in [5, 5.41) is 0. The molecule has 0 aliphatic carbocycles. The van der Waals surface area contributed by atoms with Crippen LogP contribution in [0.5, 0.6) is 0 Å². The number of azide groups is 1. The summed E-state index contributed by atoms with van der Waals surface area (Å²) in [5.41, 5.74) is 11.8. The molecule has 0 saturated carbocycles. The van der Waals surface area contributed by atoms with E-state index in [0.717, 1.165) is 0 Å². The van der Waals surface area contributed by atoms with Crippen LogP contribution in [0.1, 0.15) is 0 Å². The van der Waals surface area contributed by atoms with Gasteiger partial charge in [0.2, 0.25) is 0 Å². The molecule has 1 unspecified atom stereocenters. The van der Waals surface area contributed by atoms with Gasteiger partial charge in [-0.2, -0.15) is 0 Å². The molecule has 40 valence electrons. The monoisotopic (exact) mass is 122 g/mol. The van der Waals surface area contributed by atoms with Gasteiger partial charge in [0, 0.05) is 9.80 Å². The van der Waals surface area contributed by atoms with E-state index in [1.54, 1.807) is 0 Å². The first-order chi connectivity index (χ1) is 3.06. The van der Waals surface area contributed by atoms with Crippen molar-refractivity contribution in [2.45, 2.75) is 0 Å². The van der Waals surface area contributed by atoms with Crippen LogP contribution in [0, 0.1) is 0 Å². The van der Waals surface area contributed by atoms with E-state index in [9.17, 15) is 4.57 Å². The predicted octanol–water partition coefficient (Wildman–Crippen LogP) is 0.356. The maximum atomic E-state index is 9.73. The second kappa shape index (κ2) is 1.95. The van der Waals surface area contributed by atoms with Crippen LogP contribution in [-0.2, 0) is 4.57 Å². The van der Waals surface area contributed by atoms with E-state index >= 15 is 0 Å². The van der Waals surface area contributed by atoms with Crippen molar-refractivity contribution in [2.75, 3.05) is 0 Å². The lowest BCUT2D eigenvalue weighted by atomic mass is 13.0. The van der Waals surface area contributed by atoms with Crippen LogP contribution >= 0.6 is 7.67 Å². The summed E-state index contributed by atoms with van der Waals surface area (Å²) in [7, 11) is -3.96. The van der Waals surface area contributed by atoms with Gasteiger partial charge in [-0.25, -0.2) is 0 Å². The van der Waals surface area contributed by atoms with Crippen LogP contribution in [-0.4, -0.2) is 4.89 Å². The highest BCUT2D eigenvalue weighted by Crippen LogP contribution is 2.30. The Kier molecular flexibility index (Phi) is 1.80. The molecular weight excluding hydrogens is 119 g/mol. The van der Waals surface area contributed by atoms with Gasteiger partial charge < -0.3 is 4.89 Å². The minimum absolute atomic E-state index is 1.99. The topological polar surface area (TPSA) is 112 Å². The summed E-state index contributed by atoms with van der Waals surface area (Å²) < 4.78 is 9.73. The van der Waals surface area contributed by atoms with Crippen molar-refractivity contribution in [2.24, 2.45) is 10.4 Å². The van der Waals surface area contributed by atoms with Crippen LogP contribution in [0.3, 0.4) is 0 Å². The Hall–Kier alpha value is -0.540. The summed E-state index contributed by atoms with van der Waals surface area (Å²) in [4.78, 5) is 12.3. The Bertz CT molecular complexity index is 138. The first-order valence-corrected chi connectivity index (χ1v) is 2.92. The fourth-order valence-corrected chi connectivity index (χ4v) is 0.172. The smallest absolute Gasteiger partial charge is 0.329 e. The van der Waals surface area contributed by atoms with Crippen molar-refractivity contribution < 1.29 is 9.46 Å². The Morgan fingerprint density at radius 3 is 2.43 bits per heavy atom. The van der Waals surface area contributed by atoms with Crippen molar-refractivity contribution in [1.82, 2.24) is 0 Å². The van der Waals surface area contributed by atoms with Crippen molar-refractivity contribution in [1.29, 1.82) is 0 Å². The molecule has 3 N–H and O–H groups in total. The van der Waals surface area contributed by atoms with Gasteiger partial charge in [-0.05, 0) is 5.53 Å². The number of nitrogens with two attached hydrogens (primary N) is 1. The van der Waals surface area contributed by atoms with Gasteiger partial charge in [-0.1, -0.05) is 0 Å². The lowest BCUT2D eigenvalue weighted by molar-refractivity contribution is 0.481. The Labute approximate surface area is 39.1 Å². The molecule has 0 spiro atoms. The van der Waals surface area contributed by atoms with E-state index in [-0.39, 0.29) is 0 Å². The molecule has 0 heterocycles. The van der Waals surface area contributed by atoms with E-state index in [0.29, 0.717) is 0 Å². The highest BCUT2D eigenvalue weighted by Gasteiger charge is 2.02. The molecule has 0 aliphatic rings. The lowest BCUT2D eigenvalue weighted by Gasteiger charge is -1.87. The number of rotatable bonds is 1. The summed E-state index contributed by atoms with van der Waals surface area (Å²) >= 11 is 0. The van der Waals surface area contributed by atoms with E-state index in [1.165, 1.54) is 0 Å². The van der Waals surface area contributed by atoms with E-state index in [2.05, 4.69) is 10.4 Å². The quantitative estimate of drug-likeness (QED) is 0.226. The first kappa shape index (κ1) is 6.46. The maximum Gasteiger partial charge on any atom is 0.352 e. The van der Waals surface area contributed by atoms with Gasteiger partial charge in [0.15, 0.2) is 0 Å². The van der Waals surface area contributed by atoms with Crippen LogP contribution in [0.25, 0.3) is 10.4 Å². The van der Waals surface area contributed by atoms with Crippen LogP contribution in [0.4, 0.5) is 0 Å². The Morgan fingerprint density at radius 2 is 2.43 bits per heavy atom. The number of hydrogen-bond acceptors (Lipinski definition) is 1. The molecule has 0 saturated heterocycles. The molecule has 0 fully saturated rings. The fourth-order valence-electron chi connectivity index (χ4n) is 0.0573.